The maximum Gasteiger partial charge on any atom is 0.236 e. The third kappa shape index (κ3) is 4.76. The quantitative estimate of drug-likeness (QED) is 0.907. The second kappa shape index (κ2) is 8.07. The summed E-state index contributed by atoms with van der Waals surface area (Å²) in [6.45, 7) is 2.42. The van der Waals surface area contributed by atoms with E-state index in [2.05, 4.69) is 32.3 Å². The molecule has 1 amide bonds. The highest BCUT2D eigenvalue weighted by atomic mass is 16.2. The Morgan fingerprint density at radius 1 is 1.16 bits per heavy atom. The van der Waals surface area contributed by atoms with Gasteiger partial charge in [0, 0.05) is 26.5 Å². The maximum atomic E-state index is 11.8. The minimum Gasteiger partial charge on any atom is -0.348 e. The standard InChI is InChI=1S/C19H25N5O/c1-23(2)19(25)14-24-11-7-15(8-12-24)16-6-10-21-18(13-16)22-17-5-3-4-9-20-17/h3-6,9-10,13,15H,7-8,11-12,14H2,1-2H3,(H,20,21,22). The molecule has 6 heteroatoms. The van der Waals surface area contributed by atoms with Gasteiger partial charge in [0.25, 0.3) is 0 Å². The molecule has 2 aromatic heterocycles. The van der Waals surface area contributed by atoms with Crippen molar-refractivity contribution in [3.8, 4) is 0 Å². The van der Waals surface area contributed by atoms with Crippen molar-refractivity contribution in [2.45, 2.75) is 18.8 Å². The topological polar surface area (TPSA) is 61.4 Å². The number of nitrogens with one attached hydrogen (secondary N) is 1. The van der Waals surface area contributed by atoms with Gasteiger partial charge in [0.2, 0.25) is 5.91 Å². The van der Waals surface area contributed by atoms with Gasteiger partial charge in [0.15, 0.2) is 0 Å². The second-order valence-electron chi connectivity index (χ2n) is 6.65. The molecule has 0 atom stereocenters. The lowest BCUT2D eigenvalue weighted by molar-refractivity contribution is -0.130. The fourth-order valence-electron chi connectivity index (χ4n) is 3.09. The van der Waals surface area contributed by atoms with E-state index in [4.69, 9.17) is 0 Å². The van der Waals surface area contributed by atoms with Gasteiger partial charge in [-0.2, -0.15) is 0 Å². The highest BCUT2D eigenvalue weighted by Crippen LogP contribution is 2.29. The molecule has 0 bridgehead atoms. The van der Waals surface area contributed by atoms with Crippen LogP contribution in [0.1, 0.15) is 24.3 Å². The summed E-state index contributed by atoms with van der Waals surface area (Å²) >= 11 is 0. The molecular formula is C19H25N5O. The molecule has 1 N–H and O–H groups in total. The summed E-state index contributed by atoms with van der Waals surface area (Å²) in [5.74, 6) is 2.30. The zero-order valence-electron chi connectivity index (χ0n) is 14.9. The Hall–Kier alpha value is -2.47. The third-order valence-corrected chi connectivity index (χ3v) is 4.62. The number of likely N-dealkylation sites (tertiary alicyclic amines) is 1. The molecule has 3 heterocycles. The van der Waals surface area contributed by atoms with Gasteiger partial charge in [-0.1, -0.05) is 6.07 Å². The predicted octanol–water partition coefficient (Wildman–Crippen LogP) is 2.49. The van der Waals surface area contributed by atoms with E-state index in [1.165, 1.54) is 5.56 Å². The van der Waals surface area contributed by atoms with Crippen molar-refractivity contribution in [3.63, 3.8) is 0 Å². The van der Waals surface area contributed by atoms with Crippen molar-refractivity contribution in [3.05, 3.63) is 48.3 Å². The van der Waals surface area contributed by atoms with E-state index >= 15 is 0 Å². The highest BCUT2D eigenvalue weighted by Gasteiger charge is 2.22. The monoisotopic (exact) mass is 339 g/mol. The van der Waals surface area contributed by atoms with E-state index in [1.807, 2.05) is 38.5 Å². The van der Waals surface area contributed by atoms with Crippen LogP contribution in [0.25, 0.3) is 0 Å². The Kier molecular flexibility index (Phi) is 5.60. The number of nitrogens with zero attached hydrogens (tertiary/aromatic N) is 4. The molecule has 132 valence electrons. The first-order valence-electron chi connectivity index (χ1n) is 8.68. The van der Waals surface area contributed by atoms with Crippen LogP contribution in [0.4, 0.5) is 11.6 Å². The summed E-state index contributed by atoms with van der Waals surface area (Å²) in [7, 11) is 3.62. The largest absolute Gasteiger partial charge is 0.348 e. The van der Waals surface area contributed by atoms with Crippen LogP contribution in [0.5, 0.6) is 0 Å². The van der Waals surface area contributed by atoms with Crippen molar-refractivity contribution in [1.29, 1.82) is 0 Å². The predicted molar refractivity (Wildman–Crippen MR) is 98.9 cm³/mol. The van der Waals surface area contributed by atoms with Crippen LogP contribution in [0.2, 0.25) is 0 Å². The zero-order valence-corrected chi connectivity index (χ0v) is 14.9. The van der Waals surface area contributed by atoms with Gasteiger partial charge >= 0.3 is 0 Å². The van der Waals surface area contributed by atoms with Crippen LogP contribution < -0.4 is 5.32 Å². The molecule has 25 heavy (non-hydrogen) atoms. The minimum atomic E-state index is 0.171. The molecule has 0 spiro atoms. The van der Waals surface area contributed by atoms with E-state index < -0.39 is 0 Å². The molecule has 0 aliphatic carbocycles. The summed E-state index contributed by atoms with van der Waals surface area (Å²) in [6.07, 6.45) is 5.74. The van der Waals surface area contributed by atoms with Crippen LogP contribution in [0, 0.1) is 0 Å². The van der Waals surface area contributed by atoms with Crippen molar-refractivity contribution < 1.29 is 4.79 Å². The van der Waals surface area contributed by atoms with Gasteiger partial charge in [0.1, 0.15) is 11.6 Å². The van der Waals surface area contributed by atoms with Crippen LogP contribution in [-0.4, -0.2) is 59.4 Å². The zero-order chi connectivity index (χ0) is 17.6. The number of likely N-dealkylation sites (N-methyl/N-ethyl adjacent to an activating group) is 1. The number of hydrogen-bond acceptors (Lipinski definition) is 5. The summed E-state index contributed by atoms with van der Waals surface area (Å²) < 4.78 is 0. The molecule has 3 rings (SSSR count). The molecule has 6 nitrogen and oxygen atoms in total. The average Bonchev–Trinajstić information content (AvgIpc) is 2.63. The van der Waals surface area contributed by atoms with Crippen LogP contribution >= 0.6 is 0 Å². The first-order chi connectivity index (χ1) is 12.1. The normalized spacial score (nSPS) is 15.8. The average molecular weight is 339 g/mol. The number of amides is 1. The van der Waals surface area contributed by atoms with E-state index in [0.717, 1.165) is 37.6 Å². The molecule has 0 radical (unpaired) electrons. The van der Waals surface area contributed by atoms with Gasteiger partial charge in [-0.05, 0) is 61.7 Å². The van der Waals surface area contributed by atoms with Crippen molar-refractivity contribution in [1.82, 2.24) is 19.8 Å². The Balaban J connectivity index is 1.58. The fourth-order valence-corrected chi connectivity index (χ4v) is 3.09. The molecular weight excluding hydrogens is 314 g/mol. The van der Waals surface area contributed by atoms with E-state index in [0.29, 0.717) is 12.5 Å². The molecule has 1 aliphatic rings. The van der Waals surface area contributed by atoms with E-state index in [9.17, 15) is 4.79 Å². The fraction of sp³-hybridized carbons (Fsp3) is 0.421. The highest BCUT2D eigenvalue weighted by molar-refractivity contribution is 5.77. The number of aromatic nitrogens is 2. The third-order valence-electron chi connectivity index (χ3n) is 4.62. The van der Waals surface area contributed by atoms with Gasteiger partial charge < -0.3 is 10.2 Å². The number of carbonyl (C=O) groups is 1. The smallest absolute Gasteiger partial charge is 0.236 e. The lowest BCUT2D eigenvalue weighted by atomic mass is 9.90. The minimum absolute atomic E-state index is 0.171. The van der Waals surface area contributed by atoms with Crippen molar-refractivity contribution in [2.24, 2.45) is 0 Å². The molecule has 2 aromatic rings. The molecule has 1 saturated heterocycles. The van der Waals surface area contributed by atoms with Gasteiger partial charge in [-0.3, -0.25) is 9.69 Å². The number of pyridine rings is 2. The lowest BCUT2D eigenvalue weighted by Crippen LogP contribution is -2.40. The molecule has 0 unspecified atom stereocenters. The van der Waals surface area contributed by atoms with Gasteiger partial charge in [-0.25, -0.2) is 9.97 Å². The Morgan fingerprint density at radius 2 is 1.92 bits per heavy atom. The van der Waals surface area contributed by atoms with Crippen LogP contribution in [0.15, 0.2) is 42.7 Å². The number of carbonyl (C=O) groups excluding carboxylic acids is 1. The molecule has 1 aliphatic heterocycles. The van der Waals surface area contributed by atoms with E-state index in [-0.39, 0.29) is 5.91 Å². The summed E-state index contributed by atoms with van der Waals surface area (Å²) in [5, 5.41) is 3.25. The Bertz CT molecular complexity index is 696. The number of piperidine rings is 1. The SMILES string of the molecule is CN(C)C(=O)CN1CCC(c2ccnc(Nc3ccccn3)c2)CC1. The first kappa shape index (κ1) is 17.4. The van der Waals surface area contributed by atoms with E-state index in [1.54, 1.807) is 11.1 Å². The molecule has 0 saturated carbocycles. The Labute approximate surface area is 148 Å². The second-order valence-corrected chi connectivity index (χ2v) is 6.65. The summed E-state index contributed by atoms with van der Waals surface area (Å²) in [4.78, 5) is 24.4. The van der Waals surface area contributed by atoms with Crippen molar-refractivity contribution >= 4 is 17.5 Å². The van der Waals surface area contributed by atoms with Crippen LogP contribution in [0.3, 0.4) is 0 Å². The van der Waals surface area contributed by atoms with Crippen LogP contribution in [-0.2, 0) is 4.79 Å². The Morgan fingerprint density at radius 3 is 2.60 bits per heavy atom. The molecule has 1 fully saturated rings. The lowest BCUT2D eigenvalue weighted by Gasteiger charge is -2.32. The summed E-state index contributed by atoms with van der Waals surface area (Å²) in [5.41, 5.74) is 1.30. The molecule has 0 aromatic carbocycles. The number of rotatable bonds is 5. The number of anilines is 2. The number of hydrogen-bond donors (Lipinski definition) is 1. The van der Waals surface area contributed by atoms with Gasteiger partial charge in [0.05, 0.1) is 6.54 Å². The van der Waals surface area contributed by atoms with Gasteiger partial charge in [-0.15, -0.1) is 0 Å². The summed E-state index contributed by atoms with van der Waals surface area (Å²) in [6, 6.07) is 9.97. The first-order valence-corrected chi connectivity index (χ1v) is 8.68. The maximum absolute atomic E-state index is 11.8. The van der Waals surface area contributed by atoms with Crippen molar-refractivity contribution in [2.75, 3.05) is 39.0 Å².